The van der Waals surface area contributed by atoms with Crippen LogP contribution in [-0.2, 0) is 6.54 Å². The van der Waals surface area contributed by atoms with E-state index in [2.05, 4.69) is 66.0 Å². The van der Waals surface area contributed by atoms with Crippen molar-refractivity contribution in [2.24, 2.45) is 0 Å². The summed E-state index contributed by atoms with van der Waals surface area (Å²) in [5.74, 6) is 0. The first-order valence-corrected chi connectivity index (χ1v) is 10.7. The lowest BCUT2D eigenvalue weighted by atomic mass is 9.95. The highest BCUT2D eigenvalue weighted by molar-refractivity contribution is 5.35. The minimum Gasteiger partial charge on any atom is -0.346 e. The highest BCUT2D eigenvalue weighted by atomic mass is 15.0. The van der Waals surface area contributed by atoms with Gasteiger partial charge in [-0.15, -0.1) is 0 Å². The number of nitrogens with two attached hydrogens (primary N) is 1. The summed E-state index contributed by atoms with van der Waals surface area (Å²) >= 11 is 0. The molecule has 1 aliphatic carbocycles. The average Bonchev–Trinajstić information content (AvgIpc) is 3.35. The first kappa shape index (κ1) is 19.0. The third-order valence-electron chi connectivity index (χ3n) is 6.44. The van der Waals surface area contributed by atoms with E-state index in [0.29, 0.717) is 6.04 Å². The van der Waals surface area contributed by atoms with Crippen LogP contribution in [0.25, 0.3) is 5.69 Å². The molecule has 0 amide bonds. The predicted octanol–water partition coefficient (Wildman–Crippen LogP) is 4.62. The van der Waals surface area contributed by atoms with Crippen molar-refractivity contribution in [1.29, 1.82) is 0 Å². The van der Waals surface area contributed by atoms with E-state index in [1.54, 1.807) is 0 Å². The molecule has 1 saturated carbocycles. The van der Waals surface area contributed by atoms with Crippen molar-refractivity contribution in [2.75, 3.05) is 0 Å². The van der Waals surface area contributed by atoms with Gasteiger partial charge in [0.05, 0.1) is 6.33 Å². The predicted molar refractivity (Wildman–Crippen MR) is 114 cm³/mol. The van der Waals surface area contributed by atoms with Crippen molar-refractivity contribution < 1.29 is 5.32 Å². The lowest BCUT2D eigenvalue weighted by molar-refractivity contribution is -0.708. The summed E-state index contributed by atoms with van der Waals surface area (Å²) in [6.07, 6.45) is 12.5. The Kier molecular flexibility index (Phi) is 5.67. The van der Waals surface area contributed by atoms with Gasteiger partial charge < -0.3 is 14.5 Å². The van der Waals surface area contributed by atoms with E-state index < -0.39 is 0 Å². The molecule has 4 rings (SSSR count). The molecule has 3 aromatic rings. The first-order valence-electron chi connectivity index (χ1n) is 10.7. The number of quaternary nitrogens is 1. The maximum atomic E-state index is 4.12. The summed E-state index contributed by atoms with van der Waals surface area (Å²) < 4.78 is 4.66. The number of aryl methyl sites for hydroxylation is 1. The molecule has 2 aromatic heterocycles. The Morgan fingerprint density at radius 2 is 1.86 bits per heavy atom. The van der Waals surface area contributed by atoms with Crippen LogP contribution in [0.2, 0.25) is 0 Å². The Morgan fingerprint density at radius 1 is 1.11 bits per heavy atom. The van der Waals surface area contributed by atoms with Crippen molar-refractivity contribution >= 4 is 0 Å². The summed E-state index contributed by atoms with van der Waals surface area (Å²) in [4.78, 5) is 4.12. The van der Waals surface area contributed by atoms with Gasteiger partial charge in [0.2, 0.25) is 0 Å². The van der Waals surface area contributed by atoms with Crippen LogP contribution in [0, 0.1) is 13.8 Å². The zero-order valence-corrected chi connectivity index (χ0v) is 17.4. The quantitative estimate of drug-likeness (QED) is 0.669. The van der Waals surface area contributed by atoms with Crippen LogP contribution in [0.5, 0.6) is 0 Å². The van der Waals surface area contributed by atoms with Crippen molar-refractivity contribution in [3.63, 3.8) is 0 Å². The van der Waals surface area contributed by atoms with Gasteiger partial charge in [-0.1, -0.05) is 31.4 Å². The molecule has 0 spiro atoms. The molecule has 4 heteroatoms. The van der Waals surface area contributed by atoms with Gasteiger partial charge in [0.1, 0.15) is 12.6 Å². The summed E-state index contributed by atoms with van der Waals surface area (Å²) in [5, 5.41) is 2.46. The Bertz CT molecular complexity index is 884. The van der Waals surface area contributed by atoms with Crippen LogP contribution in [0.3, 0.4) is 0 Å². The second kappa shape index (κ2) is 8.36. The van der Waals surface area contributed by atoms with Crippen LogP contribution in [0.15, 0.2) is 49.1 Å². The van der Waals surface area contributed by atoms with Gasteiger partial charge >= 0.3 is 0 Å². The first-order chi connectivity index (χ1) is 13.6. The maximum Gasteiger partial charge on any atom is 0.109 e. The zero-order valence-electron chi connectivity index (χ0n) is 17.4. The van der Waals surface area contributed by atoms with Gasteiger partial charge in [-0.05, 0) is 51.8 Å². The van der Waals surface area contributed by atoms with Gasteiger partial charge in [-0.2, -0.15) is 0 Å². The molecule has 2 N–H and O–H groups in total. The maximum absolute atomic E-state index is 4.12. The second-order valence-corrected chi connectivity index (χ2v) is 8.35. The molecule has 0 saturated heterocycles. The molecule has 4 nitrogen and oxygen atoms in total. The molecule has 1 atom stereocenters. The van der Waals surface area contributed by atoms with E-state index in [1.165, 1.54) is 54.6 Å². The smallest absolute Gasteiger partial charge is 0.109 e. The fraction of sp³-hybridized carbons (Fsp3) is 0.458. The molecule has 1 aliphatic rings. The number of hydrogen-bond acceptors (Lipinski definition) is 1. The molecular formula is C24H33N4+. The third kappa shape index (κ3) is 3.93. The van der Waals surface area contributed by atoms with E-state index in [0.717, 1.165) is 18.3 Å². The van der Waals surface area contributed by atoms with Gasteiger partial charge in [0.25, 0.3) is 0 Å². The SMILES string of the molecule is Cc1cc(C[NH2+][C@H](C)c2ccc(-n3ccnc3)cc2)c(C)n1C1CCCCC1. The van der Waals surface area contributed by atoms with Crippen LogP contribution in [-0.4, -0.2) is 14.1 Å². The summed E-state index contributed by atoms with van der Waals surface area (Å²) in [6, 6.07) is 12.4. The van der Waals surface area contributed by atoms with E-state index in [1.807, 2.05) is 23.3 Å². The van der Waals surface area contributed by atoms with Crippen molar-refractivity contribution in [3.05, 3.63) is 71.6 Å². The molecule has 0 unspecified atom stereocenters. The monoisotopic (exact) mass is 377 g/mol. The number of imidazole rings is 1. The Labute approximate surface area is 168 Å². The van der Waals surface area contributed by atoms with E-state index in [-0.39, 0.29) is 0 Å². The highest BCUT2D eigenvalue weighted by Crippen LogP contribution is 2.32. The molecule has 0 radical (unpaired) electrons. The van der Waals surface area contributed by atoms with Gasteiger partial charge in [-0.3, -0.25) is 0 Å². The molecule has 0 bridgehead atoms. The van der Waals surface area contributed by atoms with E-state index in [4.69, 9.17) is 0 Å². The summed E-state index contributed by atoms with van der Waals surface area (Å²) in [6.45, 7) is 7.93. The van der Waals surface area contributed by atoms with Crippen molar-refractivity contribution in [3.8, 4) is 5.69 Å². The number of benzene rings is 1. The molecule has 2 heterocycles. The van der Waals surface area contributed by atoms with Crippen LogP contribution in [0.1, 0.15) is 73.6 Å². The number of aromatic nitrogens is 3. The number of hydrogen-bond donors (Lipinski definition) is 1. The molecular weight excluding hydrogens is 344 g/mol. The van der Waals surface area contributed by atoms with Crippen molar-refractivity contribution in [1.82, 2.24) is 14.1 Å². The fourth-order valence-electron chi connectivity index (χ4n) is 4.75. The molecule has 28 heavy (non-hydrogen) atoms. The number of rotatable bonds is 6. The number of nitrogens with zero attached hydrogens (tertiary/aromatic N) is 3. The molecule has 1 aromatic carbocycles. The van der Waals surface area contributed by atoms with Crippen LogP contribution >= 0.6 is 0 Å². The van der Waals surface area contributed by atoms with Gasteiger partial charge in [0, 0.05) is 46.6 Å². The lowest BCUT2D eigenvalue weighted by Crippen LogP contribution is -2.83. The summed E-state index contributed by atoms with van der Waals surface area (Å²) in [7, 11) is 0. The zero-order chi connectivity index (χ0) is 19.5. The standard InChI is InChI=1S/C24H32N4/c1-18-15-22(20(3)28(18)24-7-5-4-6-8-24)16-26-19(2)21-9-11-23(12-10-21)27-14-13-25-17-27/h9-15,17,19,24,26H,4-8,16H2,1-3H3/p+1/t19-/m1/s1. The van der Waals surface area contributed by atoms with Crippen LogP contribution in [0.4, 0.5) is 0 Å². The van der Waals surface area contributed by atoms with Crippen molar-refractivity contribution in [2.45, 2.75) is 71.5 Å². The topological polar surface area (TPSA) is 39.4 Å². The molecule has 0 aliphatic heterocycles. The van der Waals surface area contributed by atoms with E-state index >= 15 is 0 Å². The minimum absolute atomic E-state index is 0.439. The summed E-state index contributed by atoms with van der Waals surface area (Å²) in [5.41, 5.74) is 6.92. The Morgan fingerprint density at radius 3 is 2.54 bits per heavy atom. The van der Waals surface area contributed by atoms with Crippen LogP contribution < -0.4 is 5.32 Å². The Balaban J connectivity index is 1.41. The lowest BCUT2D eigenvalue weighted by Gasteiger charge is -2.26. The fourth-order valence-corrected chi connectivity index (χ4v) is 4.75. The Hall–Kier alpha value is -2.33. The molecule has 148 valence electrons. The average molecular weight is 378 g/mol. The third-order valence-corrected chi connectivity index (χ3v) is 6.44. The minimum atomic E-state index is 0.439. The van der Waals surface area contributed by atoms with Gasteiger partial charge in [0.15, 0.2) is 0 Å². The van der Waals surface area contributed by atoms with Gasteiger partial charge in [-0.25, -0.2) is 4.98 Å². The molecule has 1 fully saturated rings. The normalized spacial score (nSPS) is 16.4. The van der Waals surface area contributed by atoms with E-state index in [9.17, 15) is 0 Å². The second-order valence-electron chi connectivity index (χ2n) is 8.35. The largest absolute Gasteiger partial charge is 0.346 e. The highest BCUT2D eigenvalue weighted by Gasteiger charge is 2.21.